The van der Waals surface area contributed by atoms with Gasteiger partial charge in [0.05, 0.1) is 6.04 Å². The van der Waals surface area contributed by atoms with E-state index in [4.69, 9.17) is 5.73 Å². The van der Waals surface area contributed by atoms with Crippen LogP contribution in [0, 0.1) is 26.6 Å². The van der Waals surface area contributed by atoms with E-state index in [1.807, 2.05) is 32.0 Å². The Balaban J connectivity index is 2.40. The minimum absolute atomic E-state index is 0.217. The van der Waals surface area contributed by atoms with E-state index in [0.29, 0.717) is 5.56 Å². The number of hydrogen-bond donors (Lipinski definition) is 1. The molecule has 1 aromatic carbocycles. The first-order chi connectivity index (χ1) is 8.47. The molecule has 0 aliphatic carbocycles. The van der Waals surface area contributed by atoms with Gasteiger partial charge in [-0.1, -0.05) is 12.1 Å². The number of pyridine rings is 1. The molecule has 0 radical (unpaired) electrons. The molecular weight excluding hydrogens is 227 g/mol. The van der Waals surface area contributed by atoms with Crippen LogP contribution in [0.3, 0.4) is 0 Å². The van der Waals surface area contributed by atoms with Crippen LogP contribution in [0.25, 0.3) is 0 Å². The van der Waals surface area contributed by atoms with Crippen molar-refractivity contribution >= 4 is 0 Å². The predicted molar refractivity (Wildman–Crippen MR) is 70.9 cm³/mol. The van der Waals surface area contributed by atoms with Crippen LogP contribution in [-0.4, -0.2) is 4.98 Å². The van der Waals surface area contributed by atoms with Crippen molar-refractivity contribution in [1.82, 2.24) is 4.98 Å². The van der Waals surface area contributed by atoms with E-state index in [9.17, 15) is 4.39 Å². The fraction of sp³-hybridized carbons (Fsp3) is 0.267. The van der Waals surface area contributed by atoms with E-state index >= 15 is 0 Å². The third-order valence-corrected chi connectivity index (χ3v) is 3.02. The van der Waals surface area contributed by atoms with E-state index in [-0.39, 0.29) is 11.9 Å². The Morgan fingerprint density at radius 3 is 2.17 bits per heavy atom. The van der Waals surface area contributed by atoms with Crippen molar-refractivity contribution in [3.8, 4) is 0 Å². The molecule has 1 unspecified atom stereocenters. The summed E-state index contributed by atoms with van der Waals surface area (Å²) in [5, 5.41) is 0. The van der Waals surface area contributed by atoms with Crippen LogP contribution in [0.5, 0.6) is 0 Å². The lowest BCUT2D eigenvalue weighted by atomic mass is 9.98. The van der Waals surface area contributed by atoms with Gasteiger partial charge >= 0.3 is 0 Å². The van der Waals surface area contributed by atoms with Crippen LogP contribution in [0.4, 0.5) is 4.39 Å². The second kappa shape index (κ2) is 4.86. The first-order valence-corrected chi connectivity index (χ1v) is 5.94. The highest BCUT2D eigenvalue weighted by molar-refractivity contribution is 5.34. The molecule has 0 bridgehead atoms. The molecule has 1 aromatic heterocycles. The second-order valence-electron chi connectivity index (χ2n) is 4.67. The van der Waals surface area contributed by atoms with E-state index in [0.717, 1.165) is 22.5 Å². The Morgan fingerprint density at radius 2 is 1.61 bits per heavy atom. The molecular formula is C15H17FN2. The fourth-order valence-corrected chi connectivity index (χ4v) is 2.04. The lowest BCUT2D eigenvalue weighted by molar-refractivity contribution is 0.614. The molecule has 0 saturated heterocycles. The smallest absolute Gasteiger partial charge is 0.126 e. The molecule has 2 aromatic rings. The summed E-state index contributed by atoms with van der Waals surface area (Å²) < 4.78 is 13.5. The highest BCUT2D eigenvalue weighted by Crippen LogP contribution is 2.22. The number of rotatable bonds is 2. The summed E-state index contributed by atoms with van der Waals surface area (Å²) in [5.41, 5.74) is 10.4. The highest BCUT2D eigenvalue weighted by Gasteiger charge is 2.11. The Labute approximate surface area is 107 Å². The average molecular weight is 244 g/mol. The van der Waals surface area contributed by atoms with Crippen molar-refractivity contribution in [1.29, 1.82) is 0 Å². The number of halogens is 1. The fourth-order valence-electron chi connectivity index (χ4n) is 2.04. The number of nitrogens with two attached hydrogens (primary N) is 1. The van der Waals surface area contributed by atoms with Gasteiger partial charge < -0.3 is 5.73 Å². The van der Waals surface area contributed by atoms with E-state index in [1.54, 1.807) is 13.0 Å². The summed E-state index contributed by atoms with van der Waals surface area (Å²) >= 11 is 0. The Hall–Kier alpha value is -1.74. The van der Waals surface area contributed by atoms with Gasteiger partial charge in [0.25, 0.3) is 0 Å². The van der Waals surface area contributed by atoms with Crippen LogP contribution in [-0.2, 0) is 0 Å². The zero-order chi connectivity index (χ0) is 13.3. The van der Waals surface area contributed by atoms with Crippen molar-refractivity contribution in [2.24, 2.45) is 5.73 Å². The van der Waals surface area contributed by atoms with E-state index in [1.165, 1.54) is 6.07 Å². The summed E-state index contributed by atoms with van der Waals surface area (Å²) in [5.74, 6) is -0.217. The maximum atomic E-state index is 13.5. The number of nitrogens with zero attached hydrogens (tertiary/aromatic N) is 1. The average Bonchev–Trinajstić information content (AvgIpc) is 2.30. The molecule has 18 heavy (non-hydrogen) atoms. The first-order valence-electron chi connectivity index (χ1n) is 5.94. The van der Waals surface area contributed by atoms with Crippen molar-refractivity contribution in [3.05, 3.63) is 64.2 Å². The van der Waals surface area contributed by atoms with Crippen LogP contribution < -0.4 is 5.73 Å². The topological polar surface area (TPSA) is 38.9 Å². The van der Waals surface area contributed by atoms with E-state index < -0.39 is 0 Å². The number of aromatic nitrogens is 1. The summed E-state index contributed by atoms with van der Waals surface area (Å²) in [7, 11) is 0. The number of benzene rings is 1. The molecule has 0 amide bonds. The minimum Gasteiger partial charge on any atom is -0.320 e. The molecule has 2 nitrogen and oxygen atoms in total. The third-order valence-electron chi connectivity index (χ3n) is 3.02. The predicted octanol–water partition coefficient (Wildman–Crippen LogP) is 3.19. The molecule has 2 N–H and O–H groups in total. The van der Waals surface area contributed by atoms with Gasteiger partial charge in [0.1, 0.15) is 5.82 Å². The van der Waals surface area contributed by atoms with Crippen LogP contribution >= 0.6 is 0 Å². The molecule has 94 valence electrons. The lowest BCUT2D eigenvalue weighted by Gasteiger charge is -2.14. The minimum atomic E-state index is -0.319. The second-order valence-corrected chi connectivity index (χ2v) is 4.67. The molecule has 0 aliphatic heterocycles. The zero-order valence-electron chi connectivity index (χ0n) is 10.9. The van der Waals surface area contributed by atoms with Crippen molar-refractivity contribution < 1.29 is 4.39 Å². The Morgan fingerprint density at radius 1 is 1.00 bits per heavy atom. The van der Waals surface area contributed by atoms with Crippen molar-refractivity contribution in [3.63, 3.8) is 0 Å². The van der Waals surface area contributed by atoms with E-state index in [2.05, 4.69) is 4.98 Å². The first kappa shape index (κ1) is 12.7. The van der Waals surface area contributed by atoms with Crippen LogP contribution in [0.15, 0.2) is 30.3 Å². The van der Waals surface area contributed by atoms with Gasteiger partial charge in [0, 0.05) is 11.4 Å². The van der Waals surface area contributed by atoms with Gasteiger partial charge in [-0.15, -0.1) is 0 Å². The Bertz CT molecular complexity index is 558. The highest BCUT2D eigenvalue weighted by atomic mass is 19.1. The standard InChI is InChI=1S/C15H17FN2/c1-9-4-5-12(8-14(9)16)15(17)13-6-10(2)18-11(3)7-13/h4-8,15H,17H2,1-3H3. The molecule has 0 aliphatic rings. The van der Waals surface area contributed by atoms with Crippen LogP contribution in [0.2, 0.25) is 0 Å². The molecule has 2 rings (SSSR count). The summed E-state index contributed by atoms with van der Waals surface area (Å²) in [4.78, 5) is 4.31. The van der Waals surface area contributed by atoms with Crippen molar-refractivity contribution in [2.45, 2.75) is 26.8 Å². The molecule has 0 fully saturated rings. The normalized spacial score (nSPS) is 12.5. The largest absolute Gasteiger partial charge is 0.320 e. The molecule has 1 atom stereocenters. The van der Waals surface area contributed by atoms with Gasteiger partial charge in [-0.3, -0.25) is 4.98 Å². The molecule has 3 heteroatoms. The molecule has 0 saturated carbocycles. The molecule has 1 heterocycles. The Kier molecular flexibility index (Phi) is 3.43. The summed E-state index contributed by atoms with van der Waals surface area (Å²) in [6, 6.07) is 8.69. The SMILES string of the molecule is Cc1cc(C(N)c2ccc(C)c(F)c2)cc(C)n1. The maximum Gasteiger partial charge on any atom is 0.126 e. The van der Waals surface area contributed by atoms with Gasteiger partial charge in [0.15, 0.2) is 0 Å². The van der Waals surface area contributed by atoms with Crippen molar-refractivity contribution in [2.75, 3.05) is 0 Å². The zero-order valence-corrected chi connectivity index (χ0v) is 10.9. The quantitative estimate of drug-likeness (QED) is 0.881. The van der Waals surface area contributed by atoms with Gasteiger partial charge in [-0.05, 0) is 55.7 Å². The number of aryl methyl sites for hydroxylation is 3. The molecule has 0 spiro atoms. The summed E-state index contributed by atoms with van der Waals surface area (Å²) in [6.45, 7) is 5.60. The van der Waals surface area contributed by atoms with Gasteiger partial charge in [-0.2, -0.15) is 0 Å². The lowest BCUT2D eigenvalue weighted by Crippen LogP contribution is -2.13. The number of hydrogen-bond acceptors (Lipinski definition) is 2. The summed E-state index contributed by atoms with van der Waals surface area (Å²) in [6.07, 6.45) is 0. The monoisotopic (exact) mass is 244 g/mol. The third kappa shape index (κ3) is 2.57. The van der Waals surface area contributed by atoms with Gasteiger partial charge in [0.2, 0.25) is 0 Å². The van der Waals surface area contributed by atoms with Crippen LogP contribution in [0.1, 0.15) is 34.1 Å². The maximum absolute atomic E-state index is 13.5. The van der Waals surface area contributed by atoms with Gasteiger partial charge in [-0.25, -0.2) is 4.39 Å².